The van der Waals surface area contributed by atoms with Crippen LogP contribution in [0.4, 0.5) is 0 Å². The molecule has 0 saturated heterocycles. The average molecular weight is 321 g/mol. The molecule has 0 N–H and O–H groups in total. The molecule has 0 aliphatic carbocycles. The molecule has 130 valence electrons. The van der Waals surface area contributed by atoms with E-state index < -0.39 is 10.8 Å². The molecular formula is C18H42NOS+. The Balaban J connectivity index is 0. The largest absolute Gasteiger partial charge is 0.324 e. The molecule has 0 atom stereocenters. The molecule has 2 nitrogen and oxygen atoms in total. The summed E-state index contributed by atoms with van der Waals surface area (Å²) in [5, 5.41) is 0. The third kappa shape index (κ3) is 16.3. The van der Waals surface area contributed by atoms with Crippen molar-refractivity contribution < 1.29 is 8.69 Å². The molecule has 0 fully saturated rings. The Morgan fingerprint density at radius 3 is 0.952 bits per heavy atom. The first-order chi connectivity index (χ1) is 9.97. The SMILES string of the molecule is CCCC[N+](CCCC)(CCCC)CCCC.CS(C)=O. The standard InChI is InChI=1S/C16H36N.C2H6OS/c1-5-9-13-17(14-10-6-2,15-11-7-3)16-12-8-4;1-4(2)3/h5-16H2,1-4H3;1-2H3/q+1;. The van der Waals surface area contributed by atoms with E-state index in [1.54, 1.807) is 12.5 Å². The molecule has 3 heteroatoms. The van der Waals surface area contributed by atoms with Crippen molar-refractivity contribution >= 4 is 10.8 Å². The number of unbranched alkanes of at least 4 members (excludes halogenated alkanes) is 4. The summed E-state index contributed by atoms with van der Waals surface area (Å²) in [5.74, 6) is 0. The van der Waals surface area contributed by atoms with Crippen LogP contribution in [0.15, 0.2) is 0 Å². The van der Waals surface area contributed by atoms with Crippen molar-refractivity contribution in [3.63, 3.8) is 0 Å². The smallest absolute Gasteiger partial charge is 0.0786 e. The first-order valence-electron chi connectivity index (χ1n) is 9.08. The van der Waals surface area contributed by atoms with E-state index in [0.717, 1.165) is 0 Å². The summed E-state index contributed by atoms with van der Waals surface area (Å²) in [5.41, 5.74) is 0. The molecule has 21 heavy (non-hydrogen) atoms. The summed E-state index contributed by atoms with van der Waals surface area (Å²) in [7, 11) is -0.611. The molecule has 0 unspecified atom stereocenters. The van der Waals surface area contributed by atoms with Gasteiger partial charge in [-0.05, 0) is 25.7 Å². The fourth-order valence-corrected chi connectivity index (χ4v) is 2.64. The van der Waals surface area contributed by atoms with Gasteiger partial charge < -0.3 is 4.48 Å². The van der Waals surface area contributed by atoms with Gasteiger partial charge in [0.05, 0.1) is 26.2 Å². The minimum atomic E-state index is -0.611. The second-order valence-corrected chi connectivity index (χ2v) is 7.88. The lowest BCUT2D eigenvalue weighted by atomic mass is 10.1. The normalized spacial score (nSPS) is 11.4. The fourth-order valence-electron chi connectivity index (χ4n) is 2.64. The van der Waals surface area contributed by atoms with Crippen LogP contribution in [0.1, 0.15) is 79.1 Å². The summed E-state index contributed by atoms with van der Waals surface area (Å²) < 4.78 is 11.0. The quantitative estimate of drug-likeness (QED) is 0.463. The van der Waals surface area contributed by atoms with E-state index >= 15 is 0 Å². The van der Waals surface area contributed by atoms with Crippen LogP contribution < -0.4 is 0 Å². The maximum absolute atomic E-state index is 9.56. The lowest BCUT2D eigenvalue weighted by molar-refractivity contribution is -0.929. The Kier molecular flexibility index (Phi) is 18.3. The molecule has 0 heterocycles. The molecule has 0 bridgehead atoms. The molecular weight excluding hydrogens is 278 g/mol. The maximum Gasteiger partial charge on any atom is 0.0786 e. The van der Waals surface area contributed by atoms with Crippen LogP contribution in [0.3, 0.4) is 0 Å². The van der Waals surface area contributed by atoms with Gasteiger partial charge in [0.1, 0.15) is 0 Å². The minimum Gasteiger partial charge on any atom is -0.324 e. The Bertz CT molecular complexity index is 190. The summed E-state index contributed by atoms with van der Waals surface area (Å²) in [4.78, 5) is 0. The monoisotopic (exact) mass is 320 g/mol. The van der Waals surface area contributed by atoms with Crippen LogP contribution in [0, 0.1) is 0 Å². The topological polar surface area (TPSA) is 17.1 Å². The van der Waals surface area contributed by atoms with Crippen molar-refractivity contribution in [1.82, 2.24) is 0 Å². The predicted octanol–water partition coefficient (Wildman–Crippen LogP) is 5.00. The van der Waals surface area contributed by atoms with E-state index in [1.807, 2.05) is 0 Å². The lowest BCUT2D eigenvalue weighted by Crippen LogP contribution is -2.50. The van der Waals surface area contributed by atoms with Gasteiger partial charge in [-0.1, -0.05) is 53.4 Å². The van der Waals surface area contributed by atoms with Gasteiger partial charge in [-0.15, -0.1) is 0 Å². The molecule has 0 radical (unpaired) electrons. The highest BCUT2D eigenvalue weighted by atomic mass is 32.2. The van der Waals surface area contributed by atoms with Gasteiger partial charge >= 0.3 is 0 Å². The minimum absolute atomic E-state index is 0.611. The van der Waals surface area contributed by atoms with Crippen molar-refractivity contribution in [2.45, 2.75) is 79.1 Å². The van der Waals surface area contributed by atoms with Crippen molar-refractivity contribution in [3.8, 4) is 0 Å². The zero-order valence-corrected chi connectivity index (χ0v) is 16.6. The Morgan fingerprint density at radius 1 is 0.619 bits per heavy atom. The van der Waals surface area contributed by atoms with Crippen LogP contribution in [0.25, 0.3) is 0 Å². The van der Waals surface area contributed by atoms with E-state index in [-0.39, 0.29) is 0 Å². The van der Waals surface area contributed by atoms with Crippen molar-refractivity contribution in [3.05, 3.63) is 0 Å². The molecule has 0 rings (SSSR count). The van der Waals surface area contributed by atoms with Crippen LogP contribution >= 0.6 is 0 Å². The Hall–Kier alpha value is 0.110. The highest BCUT2D eigenvalue weighted by molar-refractivity contribution is 7.83. The third-order valence-corrected chi connectivity index (χ3v) is 3.94. The number of nitrogens with zero attached hydrogens (tertiary/aromatic N) is 1. The van der Waals surface area contributed by atoms with Crippen LogP contribution in [-0.4, -0.2) is 47.4 Å². The Labute approximate surface area is 137 Å². The third-order valence-electron chi connectivity index (χ3n) is 3.94. The van der Waals surface area contributed by atoms with Crippen molar-refractivity contribution in [2.24, 2.45) is 0 Å². The van der Waals surface area contributed by atoms with Gasteiger partial charge in [-0.3, -0.25) is 4.21 Å². The molecule has 0 aromatic heterocycles. The van der Waals surface area contributed by atoms with Crippen molar-refractivity contribution in [2.75, 3.05) is 38.7 Å². The lowest BCUT2D eigenvalue weighted by Gasteiger charge is -2.39. The van der Waals surface area contributed by atoms with Crippen LogP contribution in [0.5, 0.6) is 0 Å². The molecule has 0 aliphatic heterocycles. The average Bonchev–Trinajstić information content (AvgIpc) is 2.45. The summed E-state index contributed by atoms with van der Waals surface area (Å²) >= 11 is 0. The number of rotatable bonds is 12. The molecule has 0 aromatic carbocycles. The van der Waals surface area contributed by atoms with E-state index in [1.165, 1.54) is 82.0 Å². The highest BCUT2D eigenvalue weighted by Gasteiger charge is 2.24. The van der Waals surface area contributed by atoms with Crippen molar-refractivity contribution in [1.29, 1.82) is 0 Å². The van der Waals surface area contributed by atoms with Gasteiger partial charge in [0.2, 0.25) is 0 Å². The maximum atomic E-state index is 9.56. The highest BCUT2D eigenvalue weighted by Crippen LogP contribution is 2.16. The number of hydrogen-bond acceptors (Lipinski definition) is 1. The number of hydrogen-bond donors (Lipinski definition) is 0. The molecule has 0 aliphatic rings. The van der Waals surface area contributed by atoms with E-state index in [9.17, 15) is 4.21 Å². The van der Waals surface area contributed by atoms with E-state index in [2.05, 4.69) is 27.7 Å². The van der Waals surface area contributed by atoms with Gasteiger partial charge in [-0.25, -0.2) is 0 Å². The molecule has 0 saturated carbocycles. The van der Waals surface area contributed by atoms with Gasteiger partial charge in [-0.2, -0.15) is 0 Å². The first kappa shape index (κ1) is 23.4. The van der Waals surface area contributed by atoms with Crippen LogP contribution in [-0.2, 0) is 10.8 Å². The predicted molar refractivity (Wildman–Crippen MR) is 99.4 cm³/mol. The Morgan fingerprint density at radius 2 is 0.810 bits per heavy atom. The van der Waals surface area contributed by atoms with E-state index in [4.69, 9.17) is 0 Å². The summed E-state index contributed by atoms with van der Waals surface area (Å²) in [6, 6.07) is 0. The first-order valence-corrected chi connectivity index (χ1v) is 11.0. The van der Waals surface area contributed by atoms with Crippen LogP contribution in [0.2, 0.25) is 0 Å². The summed E-state index contributed by atoms with van der Waals surface area (Å²) in [6.45, 7) is 15.0. The molecule has 0 amide bonds. The zero-order valence-electron chi connectivity index (χ0n) is 15.7. The second kappa shape index (κ2) is 16.5. The van der Waals surface area contributed by atoms with E-state index in [0.29, 0.717) is 0 Å². The molecule has 0 spiro atoms. The second-order valence-electron chi connectivity index (χ2n) is 6.39. The molecule has 0 aromatic rings. The van der Waals surface area contributed by atoms with Gasteiger partial charge in [0.25, 0.3) is 0 Å². The summed E-state index contributed by atoms with van der Waals surface area (Å²) in [6.07, 6.45) is 14.3. The number of quaternary nitrogens is 1. The zero-order chi connectivity index (χ0) is 16.6. The van der Waals surface area contributed by atoms with Gasteiger partial charge in [0, 0.05) is 23.3 Å². The fraction of sp³-hybridized carbons (Fsp3) is 1.00. The van der Waals surface area contributed by atoms with Gasteiger partial charge in [0.15, 0.2) is 0 Å².